The molecular formula is C14H25N3O4. The number of hydrogen-bond acceptors (Lipinski definition) is 3. The van der Waals surface area contributed by atoms with Crippen molar-refractivity contribution in [3.05, 3.63) is 0 Å². The van der Waals surface area contributed by atoms with Crippen molar-refractivity contribution >= 4 is 17.9 Å². The van der Waals surface area contributed by atoms with Gasteiger partial charge in [0.25, 0.3) is 0 Å². The molecule has 1 heterocycles. The molecule has 1 saturated heterocycles. The number of amides is 3. The van der Waals surface area contributed by atoms with Gasteiger partial charge in [0, 0.05) is 20.1 Å². The molecule has 7 heteroatoms. The van der Waals surface area contributed by atoms with Crippen LogP contribution in [-0.2, 0) is 9.59 Å². The minimum Gasteiger partial charge on any atom is -0.480 e. The first-order valence-electron chi connectivity index (χ1n) is 7.34. The Balaban J connectivity index is 2.60. The predicted octanol–water partition coefficient (Wildman–Crippen LogP) is 0.797. The number of hydrogen-bond donors (Lipinski definition) is 3. The zero-order valence-electron chi connectivity index (χ0n) is 12.9. The molecule has 7 nitrogen and oxygen atoms in total. The van der Waals surface area contributed by atoms with Gasteiger partial charge in [0.05, 0.1) is 5.41 Å². The summed E-state index contributed by atoms with van der Waals surface area (Å²) in [6, 6.07) is -1.28. The molecular weight excluding hydrogens is 274 g/mol. The Hall–Kier alpha value is -1.79. The van der Waals surface area contributed by atoms with Gasteiger partial charge in [0.15, 0.2) is 0 Å². The number of carbonyl (C=O) groups excluding carboxylic acids is 2. The van der Waals surface area contributed by atoms with Crippen LogP contribution in [0.3, 0.4) is 0 Å². The highest BCUT2D eigenvalue weighted by atomic mass is 16.4. The van der Waals surface area contributed by atoms with E-state index < -0.39 is 23.5 Å². The van der Waals surface area contributed by atoms with Crippen LogP contribution in [0, 0.1) is 5.41 Å². The third-order valence-electron chi connectivity index (χ3n) is 3.98. The average molecular weight is 299 g/mol. The summed E-state index contributed by atoms with van der Waals surface area (Å²) in [6.07, 6.45) is 2.61. The molecule has 1 fully saturated rings. The van der Waals surface area contributed by atoms with Crippen LogP contribution < -0.4 is 10.6 Å². The molecule has 0 aliphatic carbocycles. The molecule has 1 rings (SSSR count). The molecule has 0 aromatic heterocycles. The maximum Gasteiger partial charge on any atom is 0.326 e. The topological polar surface area (TPSA) is 98.7 Å². The highest BCUT2D eigenvalue weighted by molar-refractivity contribution is 5.86. The van der Waals surface area contributed by atoms with Crippen LogP contribution in [0.4, 0.5) is 4.79 Å². The molecule has 21 heavy (non-hydrogen) atoms. The normalized spacial score (nSPS) is 22.7. The Morgan fingerprint density at radius 1 is 1.38 bits per heavy atom. The third kappa shape index (κ3) is 4.34. The van der Waals surface area contributed by atoms with Gasteiger partial charge in [0.1, 0.15) is 6.04 Å². The summed E-state index contributed by atoms with van der Waals surface area (Å²) in [4.78, 5) is 36.6. The summed E-state index contributed by atoms with van der Waals surface area (Å²) in [7, 11) is 1.57. The SMILES string of the molecule is CCCC[C@H](NC(=O)N1CCC(C)(C(=O)NC)C1)C(=O)O. The van der Waals surface area contributed by atoms with E-state index in [0.717, 1.165) is 12.8 Å². The quantitative estimate of drug-likeness (QED) is 0.675. The second-order valence-electron chi connectivity index (χ2n) is 5.79. The van der Waals surface area contributed by atoms with Crippen molar-refractivity contribution in [3.63, 3.8) is 0 Å². The summed E-state index contributed by atoms with van der Waals surface area (Å²) in [5.74, 6) is -1.12. The van der Waals surface area contributed by atoms with Crippen molar-refractivity contribution in [1.82, 2.24) is 15.5 Å². The number of urea groups is 1. The minimum atomic E-state index is -1.02. The smallest absolute Gasteiger partial charge is 0.326 e. The van der Waals surface area contributed by atoms with Gasteiger partial charge in [-0.1, -0.05) is 19.8 Å². The Labute approximate surface area is 125 Å². The fraction of sp³-hybridized carbons (Fsp3) is 0.786. The molecule has 3 amide bonds. The van der Waals surface area contributed by atoms with Crippen molar-refractivity contribution in [2.45, 2.75) is 45.6 Å². The van der Waals surface area contributed by atoms with E-state index in [-0.39, 0.29) is 5.91 Å². The Bertz CT molecular complexity index is 413. The first-order valence-corrected chi connectivity index (χ1v) is 7.34. The van der Waals surface area contributed by atoms with Crippen molar-refractivity contribution < 1.29 is 19.5 Å². The summed E-state index contributed by atoms with van der Waals surface area (Å²) in [5, 5.41) is 14.3. The summed E-state index contributed by atoms with van der Waals surface area (Å²) in [6.45, 7) is 4.54. The predicted molar refractivity (Wildman–Crippen MR) is 77.8 cm³/mol. The van der Waals surface area contributed by atoms with E-state index in [4.69, 9.17) is 5.11 Å². The van der Waals surface area contributed by atoms with Crippen LogP contribution in [0.5, 0.6) is 0 Å². The molecule has 2 atom stereocenters. The number of likely N-dealkylation sites (tertiary alicyclic amines) is 1. The molecule has 3 N–H and O–H groups in total. The number of carbonyl (C=O) groups is 3. The van der Waals surface area contributed by atoms with Crippen LogP contribution in [0.15, 0.2) is 0 Å². The maximum atomic E-state index is 12.1. The van der Waals surface area contributed by atoms with Gasteiger partial charge >= 0.3 is 12.0 Å². The largest absolute Gasteiger partial charge is 0.480 e. The van der Waals surface area contributed by atoms with Crippen LogP contribution in [0.25, 0.3) is 0 Å². The molecule has 1 aliphatic rings. The number of unbranched alkanes of at least 4 members (excludes halogenated alkanes) is 1. The third-order valence-corrected chi connectivity index (χ3v) is 3.98. The molecule has 1 unspecified atom stereocenters. The second-order valence-corrected chi connectivity index (χ2v) is 5.79. The number of nitrogens with one attached hydrogen (secondary N) is 2. The van der Waals surface area contributed by atoms with Crippen LogP contribution >= 0.6 is 0 Å². The van der Waals surface area contributed by atoms with Crippen molar-refractivity contribution in [1.29, 1.82) is 0 Å². The number of carboxylic acids is 1. The molecule has 0 spiro atoms. The van der Waals surface area contributed by atoms with Gasteiger partial charge in [-0.05, 0) is 19.8 Å². The molecule has 0 radical (unpaired) electrons. The lowest BCUT2D eigenvalue weighted by molar-refractivity contribution is -0.139. The lowest BCUT2D eigenvalue weighted by Crippen LogP contribution is -2.48. The van der Waals surface area contributed by atoms with E-state index >= 15 is 0 Å². The fourth-order valence-electron chi connectivity index (χ4n) is 2.53. The van der Waals surface area contributed by atoms with Crippen LogP contribution in [-0.4, -0.2) is 54.1 Å². The van der Waals surface area contributed by atoms with Gasteiger partial charge < -0.3 is 20.6 Å². The number of carboxylic acid groups (broad SMARTS) is 1. The van der Waals surface area contributed by atoms with Gasteiger partial charge in [0.2, 0.25) is 5.91 Å². The molecule has 0 aromatic rings. The molecule has 0 aromatic carbocycles. The molecule has 0 bridgehead atoms. The zero-order valence-corrected chi connectivity index (χ0v) is 12.9. The highest BCUT2D eigenvalue weighted by Gasteiger charge is 2.42. The van der Waals surface area contributed by atoms with E-state index in [0.29, 0.717) is 25.9 Å². The van der Waals surface area contributed by atoms with Crippen molar-refractivity contribution in [2.24, 2.45) is 5.41 Å². The molecule has 0 saturated carbocycles. The van der Waals surface area contributed by atoms with Gasteiger partial charge in [-0.2, -0.15) is 0 Å². The Morgan fingerprint density at radius 3 is 2.57 bits per heavy atom. The Morgan fingerprint density at radius 2 is 2.05 bits per heavy atom. The molecule has 120 valence electrons. The van der Waals surface area contributed by atoms with Crippen molar-refractivity contribution in [2.75, 3.05) is 20.1 Å². The lowest BCUT2D eigenvalue weighted by Gasteiger charge is -2.24. The van der Waals surface area contributed by atoms with Gasteiger partial charge in [-0.3, -0.25) is 4.79 Å². The van der Waals surface area contributed by atoms with Crippen molar-refractivity contribution in [3.8, 4) is 0 Å². The minimum absolute atomic E-state index is 0.0985. The van der Waals surface area contributed by atoms with E-state index in [1.807, 2.05) is 13.8 Å². The summed E-state index contributed by atoms with van der Waals surface area (Å²) in [5.41, 5.74) is -0.603. The fourth-order valence-corrected chi connectivity index (χ4v) is 2.53. The zero-order chi connectivity index (χ0) is 16.0. The number of aliphatic carboxylic acids is 1. The number of nitrogens with zero attached hydrogens (tertiary/aromatic N) is 1. The standard InChI is InChI=1S/C14H25N3O4/c1-4-5-6-10(11(18)19)16-13(21)17-8-7-14(2,9-17)12(20)15-3/h10H,4-9H2,1-3H3,(H,15,20)(H,16,21)(H,18,19)/t10-,14?/m0/s1. The Kier molecular flexibility index (Phi) is 5.99. The second kappa shape index (κ2) is 7.28. The maximum absolute atomic E-state index is 12.1. The van der Waals surface area contributed by atoms with Gasteiger partial charge in [-0.15, -0.1) is 0 Å². The average Bonchev–Trinajstić information content (AvgIpc) is 2.85. The number of rotatable bonds is 6. The highest BCUT2D eigenvalue weighted by Crippen LogP contribution is 2.30. The van der Waals surface area contributed by atoms with E-state index in [1.165, 1.54) is 4.90 Å². The monoisotopic (exact) mass is 299 g/mol. The van der Waals surface area contributed by atoms with Gasteiger partial charge in [-0.25, -0.2) is 9.59 Å². The molecule has 1 aliphatic heterocycles. The van der Waals surface area contributed by atoms with E-state index in [1.54, 1.807) is 7.05 Å². The first kappa shape index (κ1) is 17.3. The van der Waals surface area contributed by atoms with E-state index in [9.17, 15) is 14.4 Å². The lowest BCUT2D eigenvalue weighted by atomic mass is 9.89. The summed E-state index contributed by atoms with van der Waals surface area (Å²) >= 11 is 0. The van der Waals surface area contributed by atoms with Crippen LogP contribution in [0.2, 0.25) is 0 Å². The summed E-state index contributed by atoms with van der Waals surface area (Å²) < 4.78 is 0. The van der Waals surface area contributed by atoms with Crippen LogP contribution in [0.1, 0.15) is 39.5 Å². The first-order chi connectivity index (χ1) is 9.84. The van der Waals surface area contributed by atoms with E-state index in [2.05, 4.69) is 10.6 Å².